The number of sulfonamides is 1. The van der Waals surface area contributed by atoms with Crippen LogP contribution in [0.2, 0.25) is 0 Å². The Morgan fingerprint density at radius 2 is 2.11 bits per heavy atom. The molecular weight excluding hydrogens is 273 g/mol. The molecule has 3 N–H and O–H groups in total. The number of nitrogens with zero attached hydrogens (tertiary/aromatic N) is 1. The molecule has 0 fully saturated rings. The molecule has 0 aromatic heterocycles. The Morgan fingerprint density at radius 1 is 1.47 bits per heavy atom. The zero-order chi connectivity index (χ0) is 14.6. The van der Waals surface area contributed by atoms with Gasteiger partial charge in [0.15, 0.2) is 0 Å². The fraction of sp³-hybridized carbons (Fsp3) is 0.364. The lowest BCUT2D eigenvalue weighted by atomic mass is 10.3. The summed E-state index contributed by atoms with van der Waals surface area (Å²) in [6.07, 6.45) is 0. The monoisotopic (exact) mass is 289 g/mol. The average molecular weight is 289 g/mol. The summed E-state index contributed by atoms with van der Waals surface area (Å²) in [4.78, 5) is 11.2. The summed E-state index contributed by atoms with van der Waals surface area (Å²) >= 11 is 0. The van der Waals surface area contributed by atoms with E-state index in [0.717, 1.165) is 22.5 Å². The smallest absolute Gasteiger partial charge is 0.243 e. The Hall–Kier alpha value is -1.67. The van der Waals surface area contributed by atoms with Gasteiger partial charge in [0.1, 0.15) is 5.82 Å². The molecule has 0 aliphatic carbocycles. The summed E-state index contributed by atoms with van der Waals surface area (Å²) in [7, 11) is -2.60. The van der Waals surface area contributed by atoms with Crippen LogP contribution in [-0.4, -0.2) is 38.8 Å². The molecule has 6 nitrogen and oxygen atoms in total. The number of rotatable bonds is 5. The van der Waals surface area contributed by atoms with Crippen LogP contribution in [0.1, 0.15) is 6.92 Å². The first-order valence-corrected chi connectivity index (χ1v) is 7.01. The van der Waals surface area contributed by atoms with Gasteiger partial charge in [-0.25, -0.2) is 12.8 Å². The fourth-order valence-corrected chi connectivity index (χ4v) is 2.57. The maximum atomic E-state index is 13.0. The Morgan fingerprint density at radius 3 is 2.63 bits per heavy atom. The van der Waals surface area contributed by atoms with E-state index in [0.29, 0.717) is 6.54 Å². The van der Waals surface area contributed by atoms with Crippen LogP contribution in [0.25, 0.3) is 0 Å². The molecule has 0 spiro atoms. The van der Waals surface area contributed by atoms with Gasteiger partial charge in [0.2, 0.25) is 15.9 Å². The molecule has 0 atom stereocenters. The van der Waals surface area contributed by atoms with E-state index in [1.165, 1.54) is 7.05 Å². The van der Waals surface area contributed by atoms with Gasteiger partial charge >= 0.3 is 0 Å². The molecule has 0 aliphatic heterocycles. The molecule has 0 saturated heterocycles. The van der Waals surface area contributed by atoms with Crippen molar-refractivity contribution in [2.24, 2.45) is 0 Å². The molecule has 106 valence electrons. The van der Waals surface area contributed by atoms with E-state index < -0.39 is 21.7 Å². The molecule has 1 aromatic carbocycles. The second-order valence-corrected chi connectivity index (χ2v) is 5.94. The SMILES string of the molecule is CCNC(=O)CN(C)S(=O)(=O)c1ccc(F)c(N)c1. The third-order valence-electron chi connectivity index (χ3n) is 2.42. The van der Waals surface area contributed by atoms with Gasteiger partial charge in [-0.05, 0) is 25.1 Å². The van der Waals surface area contributed by atoms with E-state index in [9.17, 15) is 17.6 Å². The van der Waals surface area contributed by atoms with E-state index in [-0.39, 0.29) is 17.1 Å². The standard InChI is InChI=1S/C11H16FN3O3S/c1-3-14-11(16)7-15(2)19(17,18)8-4-5-9(12)10(13)6-8/h4-6H,3,7,13H2,1-2H3,(H,14,16). The number of anilines is 1. The van der Waals surface area contributed by atoms with Crippen molar-refractivity contribution in [1.82, 2.24) is 9.62 Å². The highest BCUT2D eigenvalue weighted by molar-refractivity contribution is 7.89. The minimum Gasteiger partial charge on any atom is -0.396 e. The Labute approximate surface area is 111 Å². The van der Waals surface area contributed by atoms with Gasteiger partial charge in [0, 0.05) is 13.6 Å². The van der Waals surface area contributed by atoms with Crippen molar-refractivity contribution in [2.75, 3.05) is 25.9 Å². The summed E-state index contributed by atoms with van der Waals surface area (Å²) in [5.41, 5.74) is 5.07. The van der Waals surface area contributed by atoms with Gasteiger partial charge in [-0.2, -0.15) is 4.31 Å². The zero-order valence-electron chi connectivity index (χ0n) is 10.7. The van der Waals surface area contributed by atoms with Crippen LogP contribution < -0.4 is 11.1 Å². The molecule has 1 amide bonds. The molecular formula is C11H16FN3O3S. The van der Waals surface area contributed by atoms with Gasteiger partial charge in [-0.1, -0.05) is 0 Å². The molecule has 0 heterocycles. The molecule has 0 saturated carbocycles. The fourth-order valence-electron chi connectivity index (χ4n) is 1.40. The number of nitrogens with two attached hydrogens (primary N) is 1. The van der Waals surface area contributed by atoms with Gasteiger partial charge in [-0.15, -0.1) is 0 Å². The maximum Gasteiger partial charge on any atom is 0.243 e. The molecule has 0 radical (unpaired) electrons. The largest absolute Gasteiger partial charge is 0.396 e. The lowest BCUT2D eigenvalue weighted by molar-refractivity contribution is -0.121. The number of benzene rings is 1. The Bertz CT molecular complexity index is 575. The van der Waals surface area contributed by atoms with Crippen LogP contribution in [-0.2, 0) is 14.8 Å². The molecule has 0 unspecified atom stereocenters. The molecule has 1 aromatic rings. The van der Waals surface area contributed by atoms with Crippen molar-refractivity contribution in [3.63, 3.8) is 0 Å². The van der Waals surface area contributed by atoms with Crippen LogP contribution in [0.5, 0.6) is 0 Å². The molecule has 1 rings (SSSR count). The third kappa shape index (κ3) is 3.65. The van der Waals surface area contributed by atoms with Gasteiger partial charge in [-0.3, -0.25) is 4.79 Å². The van der Waals surface area contributed by atoms with Gasteiger partial charge in [0.25, 0.3) is 0 Å². The van der Waals surface area contributed by atoms with Crippen molar-refractivity contribution in [3.05, 3.63) is 24.0 Å². The first-order chi connectivity index (χ1) is 8.78. The summed E-state index contributed by atoms with van der Waals surface area (Å²) in [5, 5.41) is 2.49. The second kappa shape index (κ2) is 5.98. The van der Waals surface area contributed by atoms with Gasteiger partial charge < -0.3 is 11.1 Å². The highest BCUT2D eigenvalue weighted by atomic mass is 32.2. The predicted octanol–water partition coefficient (Wildman–Crippen LogP) is 0.165. The van der Waals surface area contributed by atoms with Crippen LogP contribution in [0.4, 0.5) is 10.1 Å². The third-order valence-corrected chi connectivity index (χ3v) is 4.22. The highest BCUT2D eigenvalue weighted by Gasteiger charge is 2.23. The quantitative estimate of drug-likeness (QED) is 0.755. The van der Waals surface area contributed by atoms with E-state index >= 15 is 0 Å². The summed E-state index contributed by atoms with van der Waals surface area (Å²) in [6.45, 7) is 1.83. The first-order valence-electron chi connectivity index (χ1n) is 5.57. The van der Waals surface area contributed by atoms with E-state index in [1.807, 2.05) is 0 Å². The first kappa shape index (κ1) is 15.4. The second-order valence-electron chi connectivity index (χ2n) is 3.90. The molecule has 19 heavy (non-hydrogen) atoms. The maximum absolute atomic E-state index is 13.0. The molecule has 8 heteroatoms. The average Bonchev–Trinajstić information content (AvgIpc) is 2.32. The van der Waals surface area contributed by atoms with Crippen molar-refractivity contribution in [1.29, 1.82) is 0 Å². The van der Waals surface area contributed by atoms with Crippen molar-refractivity contribution in [2.45, 2.75) is 11.8 Å². The Balaban J connectivity index is 2.96. The zero-order valence-corrected chi connectivity index (χ0v) is 11.5. The van der Waals surface area contributed by atoms with Gasteiger partial charge in [0.05, 0.1) is 17.1 Å². The number of amides is 1. The van der Waals surface area contributed by atoms with E-state index in [2.05, 4.69) is 5.32 Å². The summed E-state index contributed by atoms with van der Waals surface area (Å²) in [6, 6.07) is 3.11. The van der Waals surface area contributed by atoms with E-state index in [4.69, 9.17) is 5.73 Å². The molecule has 0 aliphatic rings. The van der Waals surface area contributed by atoms with Crippen molar-refractivity contribution in [3.8, 4) is 0 Å². The minimum absolute atomic E-state index is 0.154. The van der Waals surface area contributed by atoms with Crippen molar-refractivity contribution < 1.29 is 17.6 Å². The predicted molar refractivity (Wildman–Crippen MR) is 69.3 cm³/mol. The Kier molecular flexibility index (Phi) is 4.84. The highest BCUT2D eigenvalue weighted by Crippen LogP contribution is 2.19. The number of hydrogen-bond acceptors (Lipinski definition) is 4. The normalized spacial score (nSPS) is 11.6. The topological polar surface area (TPSA) is 92.5 Å². The van der Waals surface area contributed by atoms with Crippen LogP contribution in [0.3, 0.4) is 0 Å². The lowest BCUT2D eigenvalue weighted by Crippen LogP contribution is -2.38. The lowest BCUT2D eigenvalue weighted by Gasteiger charge is -2.16. The number of likely N-dealkylation sites (N-methyl/N-ethyl adjacent to an activating group) is 2. The number of carbonyl (C=O) groups excluding carboxylic acids is 1. The van der Waals surface area contributed by atoms with Crippen molar-refractivity contribution >= 4 is 21.6 Å². The van der Waals surface area contributed by atoms with E-state index in [1.54, 1.807) is 6.92 Å². The van der Waals surface area contributed by atoms with Crippen LogP contribution in [0.15, 0.2) is 23.1 Å². The van der Waals surface area contributed by atoms with Crippen LogP contribution >= 0.6 is 0 Å². The summed E-state index contributed by atoms with van der Waals surface area (Å²) < 4.78 is 38.1. The number of carbonyl (C=O) groups is 1. The van der Waals surface area contributed by atoms with Crippen LogP contribution in [0, 0.1) is 5.82 Å². The number of hydrogen-bond donors (Lipinski definition) is 2. The number of halogens is 1. The minimum atomic E-state index is -3.87. The molecule has 0 bridgehead atoms. The number of nitrogens with one attached hydrogen (secondary N) is 1. The summed E-state index contributed by atoms with van der Waals surface area (Å²) in [5.74, 6) is -1.10. The number of nitrogen functional groups attached to an aromatic ring is 1.